The van der Waals surface area contributed by atoms with Crippen LogP contribution in [0.15, 0.2) is 42.5 Å². The van der Waals surface area contributed by atoms with E-state index in [0.29, 0.717) is 15.8 Å². The molecular formula is C17H15Cl2NO4. The average Bonchev–Trinajstić information content (AvgIpc) is 2.54. The molecule has 0 aromatic heterocycles. The number of nitrogens with two attached hydrogens (primary N) is 1. The minimum Gasteiger partial charge on any atom is -0.488 e. The van der Waals surface area contributed by atoms with Gasteiger partial charge in [0.1, 0.15) is 17.9 Å². The molecule has 7 heteroatoms. The lowest BCUT2D eigenvalue weighted by atomic mass is 10.2. The van der Waals surface area contributed by atoms with Crippen LogP contribution in [-0.2, 0) is 16.1 Å². The highest BCUT2D eigenvalue weighted by atomic mass is 35.5. The Morgan fingerprint density at radius 1 is 1.17 bits per heavy atom. The molecular weight excluding hydrogens is 353 g/mol. The lowest BCUT2D eigenvalue weighted by Gasteiger charge is -2.14. The summed E-state index contributed by atoms with van der Waals surface area (Å²) in [5.74, 6) is -1.11. The van der Waals surface area contributed by atoms with Crippen LogP contribution in [-0.4, -0.2) is 18.0 Å². The maximum atomic E-state index is 12.1. The monoisotopic (exact) mass is 367 g/mol. The molecule has 126 valence electrons. The van der Waals surface area contributed by atoms with E-state index in [1.807, 2.05) is 0 Å². The van der Waals surface area contributed by atoms with Gasteiger partial charge < -0.3 is 15.2 Å². The Kier molecular flexibility index (Phi) is 6.06. The molecule has 0 radical (unpaired) electrons. The van der Waals surface area contributed by atoms with Crippen LogP contribution in [0.3, 0.4) is 0 Å². The number of benzene rings is 2. The van der Waals surface area contributed by atoms with E-state index in [1.165, 1.54) is 13.0 Å². The first kappa shape index (κ1) is 18.1. The van der Waals surface area contributed by atoms with E-state index in [-0.39, 0.29) is 12.2 Å². The van der Waals surface area contributed by atoms with E-state index in [2.05, 4.69) is 0 Å². The van der Waals surface area contributed by atoms with Gasteiger partial charge >= 0.3 is 5.97 Å². The first-order valence-corrected chi connectivity index (χ1v) is 7.80. The highest BCUT2D eigenvalue weighted by molar-refractivity contribution is 6.35. The largest absolute Gasteiger partial charge is 0.488 e. The number of hydrogen-bond donors (Lipinski definition) is 1. The summed E-state index contributed by atoms with van der Waals surface area (Å²) < 4.78 is 10.7. The molecule has 1 amide bonds. The number of esters is 1. The zero-order valence-corrected chi connectivity index (χ0v) is 14.3. The van der Waals surface area contributed by atoms with Gasteiger partial charge in [0.2, 0.25) is 0 Å². The third-order valence-electron chi connectivity index (χ3n) is 3.19. The van der Waals surface area contributed by atoms with Gasteiger partial charge in [-0.05, 0) is 31.2 Å². The lowest BCUT2D eigenvalue weighted by Crippen LogP contribution is -2.30. The lowest BCUT2D eigenvalue weighted by molar-refractivity contribution is -0.125. The van der Waals surface area contributed by atoms with E-state index in [9.17, 15) is 9.59 Å². The molecule has 1 atom stereocenters. The van der Waals surface area contributed by atoms with Crippen LogP contribution in [0.5, 0.6) is 5.75 Å². The van der Waals surface area contributed by atoms with E-state index >= 15 is 0 Å². The van der Waals surface area contributed by atoms with Crippen LogP contribution in [0.1, 0.15) is 22.8 Å². The summed E-state index contributed by atoms with van der Waals surface area (Å²) in [4.78, 5) is 23.2. The topological polar surface area (TPSA) is 78.6 Å². The van der Waals surface area contributed by atoms with Crippen LogP contribution in [0.2, 0.25) is 10.0 Å². The van der Waals surface area contributed by atoms with E-state index in [1.54, 1.807) is 36.4 Å². The molecule has 5 nitrogen and oxygen atoms in total. The molecule has 0 heterocycles. The zero-order valence-electron chi connectivity index (χ0n) is 12.8. The number of rotatable bonds is 6. The number of carbonyl (C=O) groups is 2. The summed E-state index contributed by atoms with van der Waals surface area (Å²) >= 11 is 11.9. The van der Waals surface area contributed by atoms with Crippen molar-refractivity contribution in [3.63, 3.8) is 0 Å². The Labute approximate surface area is 149 Å². The molecule has 0 fully saturated rings. The Bertz CT molecular complexity index is 764. The van der Waals surface area contributed by atoms with Crippen LogP contribution in [0.25, 0.3) is 0 Å². The number of amides is 1. The molecule has 0 saturated carbocycles. The highest BCUT2D eigenvalue weighted by Crippen LogP contribution is 2.25. The van der Waals surface area contributed by atoms with Crippen molar-refractivity contribution in [3.05, 3.63) is 63.6 Å². The molecule has 2 aromatic carbocycles. The molecule has 0 aliphatic rings. The quantitative estimate of drug-likeness (QED) is 0.791. The first-order valence-electron chi connectivity index (χ1n) is 7.04. The van der Waals surface area contributed by atoms with E-state index < -0.39 is 18.0 Å². The summed E-state index contributed by atoms with van der Waals surface area (Å²) in [5, 5.41) is 0.984. The van der Waals surface area contributed by atoms with Gasteiger partial charge in [0.25, 0.3) is 5.91 Å². The fourth-order valence-corrected chi connectivity index (χ4v) is 2.30. The molecule has 24 heavy (non-hydrogen) atoms. The fourth-order valence-electron chi connectivity index (χ4n) is 1.84. The number of carbonyl (C=O) groups excluding carboxylic acids is 2. The van der Waals surface area contributed by atoms with Crippen LogP contribution in [0.4, 0.5) is 0 Å². The Morgan fingerprint density at radius 3 is 2.54 bits per heavy atom. The Morgan fingerprint density at radius 2 is 1.88 bits per heavy atom. The summed E-state index contributed by atoms with van der Waals surface area (Å²) in [6, 6.07) is 11.6. The molecule has 0 unspecified atom stereocenters. The van der Waals surface area contributed by atoms with Gasteiger partial charge in [-0.15, -0.1) is 0 Å². The minimum atomic E-state index is -1.03. The number of primary amides is 1. The fraction of sp³-hybridized carbons (Fsp3) is 0.176. The van der Waals surface area contributed by atoms with Crippen molar-refractivity contribution in [3.8, 4) is 5.75 Å². The molecule has 0 bridgehead atoms. The highest BCUT2D eigenvalue weighted by Gasteiger charge is 2.19. The van der Waals surface area contributed by atoms with Crippen molar-refractivity contribution in [1.82, 2.24) is 0 Å². The van der Waals surface area contributed by atoms with Gasteiger partial charge in [-0.25, -0.2) is 4.79 Å². The number of halogens is 2. The van der Waals surface area contributed by atoms with Crippen molar-refractivity contribution in [2.45, 2.75) is 19.6 Å². The van der Waals surface area contributed by atoms with Crippen molar-refractivity contribution < 1.29 is 19.1 Å². The van der Waals surface area contributed by atoms with Crippen molar-refractivity contribution in [2.24, 2.45) is 5.73 Å². The summed E-state index contributed by atoms with van der Waals surface area (Å²) in [6.07, 6.45) is -1.03. The predicted molar refractivity (Wildman–Crippen MR) is 91.3 cm³/mol. The molecule has 2 aromatic rings. The first-order chi connectivity index (χ1) is 11.4. The van der Waals surface area contributed by atoms with Gasteiger partial charge in [0, 0.05) is 15.6 Å². The zero-order chi connectivity index (χ0) is 17.7. The van der Waals surface area contributed by atoms with Gasteiger partial charge in [-0.3, -0.25) is 4.79 Å². The molecule has 0 aliphatic heterocycles. The average molecular weight is 368 g/mol. The van der Waals surface area contributed by atoms with Crippen LogP contribution < -0.4 is 10.5 Å². The minimum absolute atomic E-state index is 0.145. The Hall–Kier alpha value is -2.24. The van der Waals surface area contributed by atoms with Gasteiger partial charge in [0.05, 0.1) is 0 Å². The predicted octanol–water partition coefficient (Wildman–Crippen LogP) is 3.60. The standard InChI is InChI=1S/C17H15Cl2NO4/c1-10(16(20)21)24-17(22)13-4-2-3-5-15(13)23-9-11-6-7-12(18)8-14(11)19/h2-8,10H,9H2,1H3,(H2,20,21)/t10-/m1/s1. The second-order valence-corrected chi connectivity index (χ2v) is 5.81. The van der Waals surface area contributed by atoms with E-state index in [4.69, 9.17) is 38.4 Å². The number of para-hydroxylation sites is 1. The van der Waals surface area contributed by atoms with Gasteiger partial charge in [-0.2, -0.15) is 0 Å². The summed E-state index contributed by atoms with van der Waals surface area (Å²) in [6.45, 7) is 1.54. The molecule has 0 saturated heterocycles. The molecule has 0 aliphatic carbocycles. The molecule has 0 spiro atoms. The van der Waals surface area contributed by atoms with Crippen molar-refractivity contribution in [1.29, 1.82) is 0 Å². The number of ether oxygens (including phenoxy) is 2. The SMILES string of the molecule is C[C@@H](OC(=O)c1ccccc1OCc1ccc(Cl)cc1Cl)C(N)=O. The van der Waals surface area contributed by atoms with Gasteiger partial charge in [-0.1, -0.05) is 41.4 Å². The smallest absolute Gasteiger partial charge is 0.342 e. The second-order valence-electron chi connectivity index (χ2n) is 4.97. The third-order valence-corrected chi connectivity index (χ3v) is 3.78. The van der Waals surface area contributed by atoms with Gasteiger partial charge in [0.15, 0.2) is 6.10 Å². The Balaban J connectivity index is 2.14. The molecule has 2 N–H and O–H groups in total. The van der Waals surface area contributed by atoms with Crippen molar-refractivity contribution in [2.75, 3.05) is 0 Å². The van der Waals surface area contributed by atoms with Crippen LogP contribution >= 0.6 is 23.2 Å². The van der Waals surface area contributed by atoms with Crippen LogP contribution in [0, 0.1) is 0 Å². The number of hydrogen-bond acceptors (Lipinski definition) is 4. The summed E-state index contributed by atoms with van der Waals surface area (Å²) in [5.41, 5.74) is 6.00. The normalized spacial score (nSPS) is 11.6. The third kappa shape index (κ3) is 4.63. The maximum Gasteiger partial charge on any atom is 0.342 e. The summed E-state index contributed by atoms with van der Waals surface area (Å²) in [7, 11) is 0. The molecule has 2 rings (SSSR count). The second kappa shape index (κ2) is 8.04. The van der Waals surface area contributed by atoms with Crippen molar-refractivity contribution >= 4 is 35.1 Å². The van der Waals surface area contributed by atoms with E-state index in [0.717, 1.165) is 5.56 Å². The maximum absolute atomic E-state index is 12.1.